The van der Waals surface area contributed by atoms with E-state index in [1.807, 2.05) is 6.92 Å². The van der Waals surface area contributed by atoms with Crippen molar-refractivity contribution in [2.24, 2.45) is 0 Å². The second-order valence-electron chi connectivity index (χ2n) is 3.97. The van der Waals surface area contributed by atoms with Crippen LogP contribution in [0.3, 0.4) is 0 Å². The highest BCUT2D eigenvalue weighted by molar-refractivity contribution is 5.32. The summed E-state index contributed by atoms with van der Waals surface area (Å²) in [5.74, 6) is -0.722. The minimum atomic E-state index is -0.670. The molecule has 1 heterocycles. The molecule has 100 valence electrons. The third-order valence-electron chi connectivity index (χ3n) is 2.42. The van der Waals surface area contributed by atoms with Crippen LogP contribution in [0, 0.1) is 11.6 Å². The third kappa shape index (κ3) is 3.99. The van der Waals surface area contributed by atoms with E-state index in [-0.39, 0.29) is 5.75 Å². The van der Waals surface area contributed by atoms with Crippen LogP contribution in [-0.4, -0.2) is 11.5 Å². The number of hydrogen-bond acceptors (Lipinski definition) is 3. The summed E-state index contributed by atoms with van der Waals surface area (Å²) in [6.07, 6.45) is 1.59. The lowest BCUT2D eigenvalue weighted by atomic mass is 10.3. The first-order valence-corrected chi connectivity index (χ1v) is 5.97. The number of nitrogens with one attached hydrogen (secondary N) is 1. The highest BCUT2D eigenvalue weighted by Crippen LogP contribution is 2.23. The molecule has 0 saturated carbocycles. The fourth-order valence-electron chi connectivity index (χ4n) is 1.59. The first kappa shape index (κ1) is 13.4. The molecule has 0 bridgehead atoms. The summed E-state index contributed by atoms with van der Waals surface area (Å²) in [6, 6.07) is 6.43. The Morgan fingerprint density at radius 2 is 1.84 bits per heavy atom. The molecule has 1 N–H and O–H groups in total. The van der Waals surface area contributed by atoms with Crippen LogP contribution >= 0.6 is 0 Å². The van der Waals surface area contributed by atoms with E-state index in [4.69, 9.17) is 4.74 Å². The van der Waals surface area contributed by atoms with E-state index in [0.717, 1.165) is 30.4 Å². The van der Waals surface area contributed by atoms with E-state index in [0.29, 0.717) is 12.3 Å². The van der Waals surface area contributed by atoms with Gasteiger partial charge in [-0.1, -0.05) is 6.92 Å². The fourth-order valence-corrected chi connectivity index (χ4v) is 1.59. The van der Waals surface area contributed by atoms with Gasteiger partial charge in [-0.3, -0.25) is 4.98 Å². The second-order valence-corrected chi connectivity index (χ2v) is 3.97. The van der Waals surface area contributed by atoms with E-state index in [9.17, 15) is 8.78 Å². The average molecular weight is 264 g/mol. The molecule has 1 aromatic carbocycles. The van der Waals surface area contributed by atoms with Gasteiger partial charge in [0.1, 0.15) is 23.1 Å². The van der Waals surface area contributed by atoms with Crippen LogP contribution in [0.4, 0.5) is 8.78 Å². The summed E-state index contributed by atoms with van der Waals surface area (Å²) >= 11 is 0. The van der Waals surface area contributed by atoms with Crippen molar-refractivity contribution in [3.63, 3.8) is 0 Å². The van der Waals surface area contributed by atoms with Crippen molar-refractivity contribution in [1.29, 1.82) is 0 Å². The topological polar surface area (TPSA) is 34.1 Å². The molecule has 0 aliphatic rings. The Morgan fingerprint density at radius 1 is 1.11 bits per heavy atom. The molecule has 19 heavy (non-hydrogen) atoms. The summed E-state index contributed by atoms with van der Waals surface area (Å²) in [4.78, 5) is 4.16. The number of rotatable bonds is 5. The largest absolute Gasteiger partial charge is 0.457 e. The van der Waals surface area contributed by atoms with Crippen LogP contribution < -0.4 is 10.1 Å². The molecule has 0 aliphatic carbocycles. The zero-order chi connectivity index (χ0) is 13.7. The Morgan fingerprint density at radius 3 is 2.53 bits per heavy atom. The maximum Gasteiger partial charge on any atom is 0.133 e. The molecule has 1 aromatic heterocycles. The number of ether oxygens (including phenoxy) is 1. The molecule has 2 aromatic rings. The van der Waals surface area contributed by atoms with Gasteiger partial charge in [0.2, 0.25) is 0 Å². The Balaban J connectivity index is 2.13. The van der Waals surface area contributed by atoms with Crippen LogP contribution in [0.2, 0.25) is 0 Å². The zero-order valence-electron chi connectivity index (χ0n) is 10.5. The number of hydrogen-bond donors (Lipinski definition) is 1. The van der Waals surface area contributed by atoms with Gasteiger partial charge in [-0.15, -0.1) is 0 Å². The molecular weight excluding hydrogens is 250 g/mol. The molecule has 0 atom stereocenters. The first-order chi connectivity index (χ1) is 9.17. The van der Waals surface area contributed by atoms with Crippen molar-refractivity contribution in [3.05, 3.63) is 53.9 Å². The maximum absolute atomic E-state index is 13.0. The van der Waals surface area contributed by atoms with Gasteiger partial charge in [-0.2, -0.15) is 0 Å². The van der Waals surface area contributed by atoms with Crippen LogP contribution in [-0.2, 0) is 6.54 Å². The first-order valence-electron chi connectivity index (χ1n) is 5.97. The summed E-state index contributed by atoms with van der Waals surface area (Å²) in [5.41, 5.74) is 0.802. The SMILES string of the molecule is CCNCc1cc(Oc2cc(F)cc(F)c2)ccn1. The molecule has 0 amide bonds. The molecule has 0 radical (unpaired) electrons. The van der Waals surface area contributed by atoms with Crippen LogP contribution in [0.25, 0.3) is 0 Å². The van der Waals surface area contributed by atoms with E-state index in [1.165, 1.54) is 0 Å². The normalized spacial score (nSPS) is 10.5. The summed E-state index contributed by atoms with van der Waals surface area (Å²) in [6.45, 7) is 3.45. The van der Waals surface area contributed by atoms with Crippen molar-refractivity contribution in [2.45, 2.75) is 13.5 Å². The monoisotopic (exact) mass is 264 g/mol. The lowest BCUT2D eigenvalue weighted by molar-refractivity contribution is 0.466. The Labute approximate surface area is 110 Å². The highest BCUT2D eigenvalue weighted by atomic mass is 19.1. The highest BCUT2D eigenvalue weighted by Gasteiger charge is 2.04. The van der Waals surface area contributed by atoms with Gasteiger partial charge in [-0.25, -0.2) is 8.78 Å². The van der Waals surface area contributed by atoms with Crippen molar-refractivity contribution >= 4 is 0 Å². The Kier molecular flexibility index (Phi) is 4.41. The number of pyridine rings is 1. The van der Waals surface area contributed by atoms with Crippen molar-refractivity contribution in [1.82, 2.24) is 10.3 Å². The van der Waals surface area contributed by atoms with E-state index in [1.54, 1.807) is 18.3 Å². The molecule has 0 saturated heterocycles. The summed E-state index contributed by atoms with van der Waals surface area (Å²) in [7, 11) is 0. The van der Waals surface area contributed by atoms with Gasteiger partial charge in [0, 0.05) is 37.0 Å². The number of benzene rings is 1. The van der Waals surface area contributed by atoms with Crippen LogP contribution in [0.5, 0.6) is 11.5 Å². The lowest BCUT2D eigenvalue weighted by Crippen LogP contribution is -2.12. The molecule has 3 nitrogen and oxygen atoms in total. The molecule has 5 heteroatoms. The van der Waals surface area contributed by atoms with Gasteiger partial charge >= 0.3 is 0 Å². The standard InChI is InChI=1S/C14H14F2N2O/c1-2-17-9-12-8-13(3-4-18-12)19-14-6-10(15)5-11(16)7-14/h3-8,17H,2,9H2,1H3. The summed E-state index contributed by atoms with van der Waals surface area (Å²) in [5, 5.41) is 3.14. The predicted molar refractivity (Wildman–Crippen MR) is 68.0 cm³/mol. The molecule has 0 fully saturated rings. The van der Waals surface area contributed by atoms with Gasteiger partial charge in [0.25, 0.3) is 0 Å². The van der Waals surface area contributed by atoms with Gasteiger partial charge < -0.3 is 10.1 Å². The Bertz CT molecular complexity index is 541. The van der Waals surface area contributed by atoms with Crippen molar-refractivity contribution in [3.8, 4) is 11.5 Å². The van der Waals surface area contributed by atoms with Crippen molar-refractivity contribution < 1.29 is 13.5 Å². The summed E-state index contributed by atoms with van der Waals surface area (Å²) < 4.78 is 31.5. The van der Waals surface area contributed by atoms with Crippen molar-refractivity contribution in [2.75, 3.05) is 6.54 Å². The fraction of sp³-hybridized carbons (Fsp3) is 0.214. The third-order valence-corrected chi connectivity index (χ3v) is 2.42. The van der Waals surface area contributed by atoms with E-state index >= 15 is 0 Å². The minimum Gasteiger partial charge on any atom is -0.457 e. The predicted octanol–water partition coefficient (Wildman–Crippen LogP) is 3.26. The second kappa shape index (κ2) is 6.24. The Hall–Kier alpha value is -2.01. The van der Waals surface area contributed by atoms with Gasteiger partial charge in [0.15, 0.2) is 0 Å². The number of aromatic nitrogens is 1. The molecule has 2 rings (SSSR count). The quantitative estimate of drug-likeness (QED) is 0.900. The van der Waals surface area contributed by atoms with E-state index < -0.39 is 11.6 Å². The van der Waals surface area contributed by atoms with Crippen LogP contribution in [0.15, 0.2) is 36.5 Å². The minimum absolute atomic E-state index is 0.123. The van der Waals surface area contributed by atoms with E-state index in [2.05, 4.69) is 10.3 Å². The number of nitrogens with zero attached hydrogens (tertiary/aromatic N) is 1. The average Bonchev–Trinajstić information content (AvgIpc) is 2.35. The molecule has 0 unspecified atom stereocenters. The molecule has 0 spiro atoms. The zero-order valence-corrected chi connectivity index (χ0v) is 10.5. The molecular formula is C14H14F2N2O. The maximum atomic E-state index is 13.0. The lowest BCUT2D eigenvalue weighted by Gasteiger charge is -2.07. The smallest absolute Gasteiger partial charge is 0.133 e. The number of halogens is 2. The van der Waals surface area contributed by atoms with Gasteiger partial charge in [-0.05, 0) is 12.6 Å². The van der Waals surface area contributed by atoms with Gasteiger partial charge in [0.05, 0.1) is 5.69 Å². The van der Waals surface area contributed by atoms with Crippen LogP contribution in [0.1, 0.15) is 12.6 Å². The molecule has 0 aliphatic heterocycles.